The summed E-state index contributed by atoms with van der Waals surface area (Å²) in [6, 6.07) is 41.1. The molecule has 0 bridgehead atoms. The van der Waals surface area contributed by atoms with Gasteiger partial charge in [-0.05, 0) is 59.9 Å². The van der Waals surface area contributed by atoms with E-state index in [-0.39, 0.29) is 12.0 Å². The van der Waals surface area contributed by atoms with Crippen molar-refractivity contribution in [2.24, 2.45) is 0 Å². The average molecular weight is 661 g/mol. The van der Waals surface area contributed by atoms with Gasteiger partial charge in [0.2, 0.25) is 0 Å². The van der Waals surface area contributed by atoms with Gasteiger partial charge in [0, 0.05) is 54.2 Å². The van der Waals surface area contributed by atoms with Gasteiger partial charge in [0.05, 0.1) is 6.04 Å². The van der Waals surface area contributed by atoms with Gasteiger partial charge in [-0.1, -0.05) is 127 Å². The van der Waals surface area contributed by atoms with E-state index in [1.807, 2.05) is 47.7 Å². The van der Waals surface area contributed by atoms with E-state index in [1.54, 1.807) is 0 Å². The maximum Gasteiger partial charge on any atom is 0.164 e. The van der Waals surface area contributed by atoms with Crippen LogP contribution in [0.25, 0.3) is 59.9 Å². The topological polar surface area (TPSA) is 41.9 Å². The van der Waals surface area contributed by atoms with Gasteiger partial charge in [0.25, 0.3) is 0 Å². The van der Waals surface area contributed by atoms with E-state index in [4.69, 9.17) is 15.0 Å². The molecule has 5 aromatic carbocycles. The Hall–Kier alpha value is -5.91. The maximum atomic E-state index is 5.22. The smallest absolute Gasteiger partial charge is 0.164 e. The van der Waals surface area contributed by atoms with Crippen LogP contribution in [-0.2, 0) is 0 Å². The van der Waals surface area contributed by atoms with Gasteiger partial charge in [-0.3, -0.25) is 0 Å². The fourth-order valence-corrected chi connectivity index (χ4v) is 8.93. The number of anilines is 2. The number of aromatic nitrogens is 3. The zero-order valence-electron chi connectivity index (χ0n) is 27.3. The van der Waals surface area contributed by atoms with Gasteiger partial charge in [-0.25, -0.2) is 15.0 Å². The van der Waals surface area contributed by atoms with Crippen molar-refractivity contribution in [3.8, 4) is 34.2 Å². The Morgan fingerprint density at radius 1 is 0.620 bits per heavy atom. The number of nitrogens with zero attached hydrogens (tertiary/aromatic N) is 4. The summed E-state index contributed by atoms with van der Waals surface area (Å²) in [7, 11) is 0. The molecule has 0 spiro atoms. The molecule has 5 heteroatoms. The van der Waals surface area contributed by atoms with Crippen molar-refractivity contribution in [3.05, 3.63) is 169 Å². The summed E-state index contributed by atoms with van der Waals surface area (Å²) in [5.41, 5.74) is 9.45. The van der Waals surface area contributed by atoms with Crippen LogP contribution in [0, 0.1) is 0 Å². The predicted octanol–water partition coefficient (Wildman–Crippen LogP) is 11.7. The molecule has 0 amide bonds. The van der Waals surface area contributed by atoms with Gasteiger partial charge >= 0.3 is 0 Å². The molecule has 2 aromatic heterocycles. The second kappa shape index (κ2) is 11.9. The van der Waals surface area contributed by atoms with E-state index in [0.717, 1.165) is 35.2 Å². The molecule has 0 fully saturated rings. The van der Waals surface area contributed by atoms with Gasteiger partial charge in [0.15, 0.2) is 17.5 Å². The van der Waals surface area contributed by atoms with Crippen molar-refractivity contribution in [2.45, 2.75) is 24.8 Å². The molecule has 0 saturated heterocycles. The van der Waals surface area contributed by atoms with E-state index < -0.39 is 0 Å². The molecule has 3 aliphatic rings. The number of rotatable bonds is 5. The normalized spacial score (nSPS) is 17.7. The first kappa shape index (κ1) is 29.0. The number of hydrogen-bond acceptors (Lipinski definition) is 5. The molecule has 10 rings (SSSR count). The maximum absolute atomic E-state index is 5.22. The molecule has 3 heterocycles. The van der Waals surface area contributed by atoms with Crippen molar-refractivity contribution in [3.63, 3.8) is 0 Å². The van der Waals surface area contributed by atoms with Crippen LogP contribution in [0.4, 0.5) is 11.4 Å². The van der Waals surface area contributed by atoms with E-state index in [1.165, 1.54) is 42.6 Å². The zero-order chi connectivity index (χ0) is 33.0. The van der Waals surface area contributed by atoms with Crippen LogP contribution in [0.15, 0.2) is 158 Å². The molecular formula is C45H32N4S. The molecule has 0 radical (unpaired) electrons. The van der Waals surface area contributed by atoms with Crippen molar-refractivity contribution in [2.75, 3.05) is 4.90 Å². The lowest BCUT2D eigenvalue weighted by molar-refractivity contribution is 0.745. The van der Waals surface area contributed by atoms with Crippen LogP contribution in [0.1, 0.15) is 29.9 Å². The number of benzene rings is 5. The summed E-state index contributed by atoms with van der Waals surface area (Å²) in [5, 5.41) is 2.40. The van der Waals surface area contributed by atoms with Crippen LogP contribution in [0.3, 0.4) is 0 Å². The number of hydrogen-bond donors (Lipinski definition) is 0. The Bertz CT molecular complexity index is 2500. The summed E-state index contributed by atoms with van der Waals surface area (Å²) < 4.78 is 2.47. The molecular weight excluding hydrogens is 629 g/mol. The van der Waals surface area contributed by atoms with Crippen LogP contribution >= 0.6 is 11.3 Å². The molecule has 7 aromatic rings. The highest BCUT2D eigenvalue weighted by Gasteiger charge is 2.38. The SMILES string of the molecule is C1=CCCC(c2ccc3c(c2)C2C=CC=CC2N3c2cc(-c3nc(-c4ccccc4)nc(-c4ccccc4)n3)c3c(c2)sc2ccccc23)=C1. The fraction of sp³-hybridized carbons (Fsp3) is 0.0889. The number of fused-ring (bicyclic) bond motifs is 6. The Balaban J connectivity index is 1.21. The third-order valence-corrected chi connectivity index (χ3v) is 11.2. The lowest BCUT2D eigenvalue weighted by Gasteiger charge is -2.29. The highest BCUT2D eigenvalue weighted by molar-refractivity contribution is 7.26. The van der Waals surface area contributed by atoms with E-state index in [0.29, 0.717) is 17.5 Å². The first-order chi connectivity index (χ1) is 24.8. The first-order valence-electron chi connectivity index (χ1n) is 17.3. The Kier molecular flexibility index (Phi) is 6.91. The van der Waals surface area contributed by atoms with E-state index in [2.05, 4.69) is 126 Å². The highest BCUT2D eigenvalue weighted by atomic mass is 32.1. The minimum Gasteiger partial charge on any atom is -0.333 e. The lowest BCUT2D eigenvalue weighted by atomic mass is 9.88. The quantitative estimate of drug-likeness (QED) is 0.184. The molecule has 2 unspecified atom stereocenters. The van der Waals surface area contributed by atoms with E-state index >= 15 is 0 Å². The Morgan fingerprint density at radius 2 is 1.34 bits per heavy atom. The molecule has 0 N–H and O–H groups in total. The van der Waals surface area contributed by atoms with Crippen molar-refractivity contribution in [1.29, 1.82) is 0 Å². The minimum absolute atomic E-state index is 0.170. The average Bonchev–Trinajstić information content (AvgIpc) is 3.74. The van der Waals surface area contributed by atoms with Crippen molar-refractivity contribution >= 4 is 48.5 Å². The molecule has 2 aliphatic carbocycles. The molecule has 0 saturated carbocycles. The summed E-state index contributed by atoms with van der Waals surface area (Å²) in [5.74, 6) is 2.27. The van der Waals surface area contributed by atoms with Gasteiger partial charge < -0.3 is 4.90 Å². The summed E-state index contributed by atoms with van der Waals surface area (Å²) in [4.78, 5) is 18.0. The summed E-state index contributed by atoms with van der Waals surface area (Å²) in [6.45, 7) is 0. The Morgan fingerprint density at radius 3 is 2.10 bits per heavy atom. The second-order valence-corrected chi connectivity index (χ2v) is 14.2. The van der Waals surface area contributed by atoms with Crippen LogP contribution in [0.5, 0.6) is 0 Å². The van der Waals surface area contributed by atoms with Gasteiger partial charge in [-0.15, -0.1) is 11.3 Å². The largest absolute Gasteiger partial charge is 0.333 e. The number of thiophene rings is 1. The van der Waals surface area contributed by atoms with E-state index in [9.17, 15) is 0 Å². The monoisotopic (exact) mass is 660 g/mol. The molecule has 2 atom stereocenters. The molecule has 50 heavy (non-hydrogen) atoms. The van der Waals surface area contributed by atoms with Crippen molar-refractivity contribution in [1.82, 2.24) is 15.0 Å². The molecule has 238 valence electrons. The number of allylic oxidation sites excluding steroid dienone is 6. The molecule has 1 aliphatic heterocycles. The summed E-state index contributed by atoms with van der Waals surface area (Å²) in [6.07, 6.45) is 18.0. The van der Waals surface area contributed by atoms with Crippen molar-refractivity contribution < 1.29 is 0 Å². The molecule has 4 nitrogen and oxygen atoms in total. The predicted molar refractivity (Wildman–Crippen MR) is 209 cm³/mol. The van der Waals surface area contributed by atoms with Crippen LogP contribution in [-0.4, -0.2) is 21.0 Å². The third-order valence-electron chi connectivity index (χ3n) is 10.1. The Labute approximate surface area is 295 Å². The zero-order valence-corrected chi connectivity index (χ0v) is 28.1. The van der Waals surface area contributed by atoms with Crippen LogP contribution < -0.4 is 4.90 Å². The second-order valence-electron chi connectivity index (χ2n) is 13.1. The lowest BCUT2D eigenvalue weighted by Crippen LogP contribution is -2.28. The van der Waals surface area contributed by atoms with Crippen LogP contribution in [0.2, 0.25) is 0 Å². The van der Waals surface area contributed by atoms with Gasteiger partial charge in [-0.2, -0.15) is 0 Å². The minimum atomic E-state index is 0.170. The first-order valence-corrected chi connectivity index (χ1v) is 18.1. The third kappa shape index (κ3) is 4.85. The standard InChI is InChI=1S/C45H32N4S/c1-4-14-29(15-5-1)32-24-25-39-36(26-32)34-20-10-12-22-38(34)49(39)33-27-37(42-35-21-11-13-23-40(35)50-41(42)28-33)45-47-43(30-16-6-2-7-17-30)46-44(48-45)31-18-8-3-9-19-31/h1-4,6-14,16-28,34,38H,5,15H2. The fourth-order valence-electron chi connectivity index (χ4n) is 7.77. The summed E-state index contributed by atoms with van der Waals surface area (Å²) >= 11 is 1.83. The van der Waals surface area contributed by atoms with Gasteiger partial charge in [0.1, 0.15) is 0 Å². The highest BCUT2D eigenvalue weighted by Crippen LogP contribution is 2.51.